The van der Waals surface area contributed by atoms with Gasteiger partial charge < -0.3 is 15.7 Å². The quantitative estimate of drug-likeness (QED) is 0.694. The lowest BCUT2D eigenvalue weighted by molar-refractivity contribution is -0.142. The minimum absolute atomic E-state index is 0.0386. The van der Waals surface area contributed by atoms with Crippen molar-refractivity contribution in [3.63, 3.8) is 0 Å². The van der Waals surface area contributed by atoms with E-state index in [1.54, 1.807) is 0 Å². The summed E-state index contributed by atoms with van der Waals surface area (Å²) in [6, 6.07) is -0.401. The molecular formula is C15H26N2O5S. The van der Waals surface area contributed by atoms with Crippen molar-refractivity contribution < 1.29 is 23.1 Å². The van der Waals surface area contributed by atoms with Crippen LogP contribution in [0.1, 0.15) is 51.4 Å². The monoisotopic (exact) mass is 346 g/mol. The molecule has 2 aliphatic rings. The second kappa shape index (κ2) is 7.07. The van der Waals surface area contributed by atoms with Gasteiger partial charge >= 0.3 is 12.0 Å². The van der Waals surface area contributed by atoms with Gasteiger partial charge in [-0.15, -0.1) is 0 Å². The number of hydrogen-bond acceptors (Lipinski definition) is 4. The Labute approximate surface area is 137 Å². The smallest absolute Gasteiger partial charge is 0.315 e. The van der Waals surface area contributed by atoms with Gasteiger partial charge in [0.1, 0.15) is 0 Å². The van der Waals surface area contributed by atoms with Crippen molar-refractivity contribution >= 4 is 21.8 Å². The van der Waals surface area contributed by atoms with Crippen molar-refractivity contribution in [1.82, 2.24) is 10.6 Å². The SMILES string of the molecule is CS(=O)(=O)C1(CNC(=O)NC2CCC(C(=O)O)CC2)CCCC1. The molecular weight excluding hydrogens is 320 g/mol. The summed E-state index contributed by atoms with van der Waals surface area (Å²) in [6.07, 6.45) is 6.58. The highest BCUT2D eigenvalue weighted by Gasteiger charge is 2.43. The molecule has 2 saturated carbocycles. The van der Waals surface area contributed by atoms with E-state index in [9.17, 15) is 18.0 Å². The van der Waals surface area contributed by atoms with E-state index in [1.807, 2.05) is 0 Å². The lowest BCUT2D eigenvalue weighted by atomic mass is 9.86. The molecule has 2 aliphatic carbocycles. The first-order chi connectivity index (χ1) is 10.7. The number of aliphatic carboxylic acids is 1. The fourth-order valence-corrected chi connectivity index (χ4v) is 5.03. The Morgan fingerprint density at radius 1 is 1.13 bits per heavy atom. The molecule has 3 N–H and O–H groups in total. The third-order valence-electron chi connectivity index (χ3n) is 5.28. The lowest BCUT2D eigenvalue weighted by Gasteiger charge is -2.29. The molecule has 0 radical (unpaired) electrons. The number of amides is 2. The van der Waals surface area contributed by atoms with Gasteiger partial charge in [0.15, 0.2) is 9.84 Å². The van der Waals surface area contributed by atoms with Gasteiger partial charge in [0.05, 0.1) is 10.7 Å². The van der Waals surface area contributed by atoms with Crippen LogP contribution >= 0.6 is 0 Å². The Bertz CT molecular complexity index is 546. The molecule has 0 aromatic rings. The average Bonchev–Trinajstić information content (AvgIpc) is 2.95. The maximum atomic E-state index is 12.0. The van der Waals surface area contributed by atoms with Crippen LogP contribution in [-0.4, -0.2) is 49.1 Å². The second-order valence-corrected chi connectivity index (χ2v) is 9.29. The van der Waals surface area contributed by atoms with Crippen LogP contribution in [0.5, 0.6) is 0 Å². The van der Waals surface area contributed by atoms with Crippen molar-refractivity contribution in [2.75, 3.05) is 12.8 Å². The van der Waals surface area contributed by atoms with Crippen LogP contribution in [-0.2, 0) is 14.6 Å². The standard InChI is InChI=1S/C15H26N2O5S/c1-23(21,22)15(8-2-3-9-15)10-16-14(20)17-12-6-4-11(5-7-12)13(18)19/h11-12H,2-10H2,1H3,(H,18,19)(H2,16,17,20). The fourth-order valence-electron chi connectivity index (χ4n) is 3.66. The third-order valence-corrected chi connectivity index (χ3v) is 7.41. The van der Waals surface area contributed by atoms with Crippen LogP contribution in [0.3, 0.4) is 0 Å². The van der Waals surface area contributed by atoms with E-state index in [0.29, 0.717) is 38.5 Å². The molecule has 2 rings (SSSR count). The van der Waals surface area contributed by atoms with Gasteiger partial charge in [-0.3, -0.25) is 4.79 Å². The molecule has 0 heterocycles. The molecule has 2 fully saturated rings. The number of urea groups is 1. The van der Waals surface area contributed by atoms with Crippen LogP contribution in [0, 0.1) is 5.92 Å². The highest BCUT2D eigenvalue weighted by Crippen LogP contribution is 2.35. The van der Waals surface area contributed by atoms with Crippen molar-refractivity contribution in [2.24, 2.45) is 5.92 Å². The summed E-state index contributed by atoms with van der Waals surface area (Å²) in [5, 5.41) is 14.5. The van der Waals surface area contributed by atoms with Gasteiger partial charge in [0.2, 0.25) is 0 Å². The number of nitrogens with one attached hydrogen (secondary N) is 2. The molecule has 0 saturated heterocycles. The summed E-state index contributed by atoms with van der Waals surface area (Å²) in [6.45, 7) is 0.141. The molecule has 0 aliphatic heterocycles. The zero-order valence-corrected chi connectivity index (χ0v) is 14.3. The first-order valence-corrected chi connectivity index (χ1v) is 10.1. The number of carboxylic acids is 1. The van der Waals surface area contributed by atoms with E-state index in [2.05, 4.69) is 10.6 Å². The van der Waals surface area contributed by atoms with Gasteiger partial charge in [0, 0.05) is 18.8 Å². The maximum Gasteiger partial charge on any atom is 0.315 e. The molecule has 7 nitrogen and oxygen atoms in total. The highest BCUT2D eigenvalue weighted by molar-refractivity contribution is 7.92. The van der Waals surface area contributed by atoms with Crippen molar-refractivity contribution in [1.29, 1.82) is 0 Å². The molecule has 23 heavy (non-hydrogen) atoms. The van der Waals surface area contributed by atoms with Crippen LogP contribution in [0.15, 0.2) is 0 Å². The van der Waals surface area contributed by atoms with Gasteiger partial charge in [-0.1, -0.05) is 12.8 Å². The second-order valence-electron chi connectivity index (χ2n) is 6.88. The van der Waals surface area contributed by atoms with E-state index in [4.69, 9.17) is 5.11 Å². The number of rotatable bonds is 5. The molecule has 0 aromatic carbocycles. The summed E-state index contributed by atoms with van der Waals surface area (Å²) < 4.78 is 23.2. The predicted molar refractivity (Wildman–Crippen MR) is 86.0 cm³/mol. The van der Waals surface area contributed by atoms with Gasteiger partial charge in [-0.25, -0.2) is 13.2 Å². The Hall–Kier alpha value is -1.31. The summed E-state index contributed by atoms with van der Waals surface area (Å²) in [5.41, 5.74) is 0. The van der Waals surface area contributed by atoms with E-state index in [1.165, 1.54) is 6.26 Å². The van der Waals surface area contributed by atoms with Gasteiger partial charge in [-0.2, -0.15) is 0 Å². The minimum atomic E-state index is -3.22. The number of sulfone groups is 1. The third kappa shape index (κ3) is 4.37. The average molecular weight is 346 g/mol. The van der Waals surface area contributed by atoms with Crippen LogP contribution in [0.2, 0.25) is 0 Å². The zero-order chi connectivity index (χ0) is 17.1. The predicted octanol–water partition coefficient (Wildman–Crippen LogP) is 1.29. The first kappa shape index (κ1) is 18.0. The normalized spacial score (nSPS) is 27.3. The largest absolute Gasteiger partial charge is 0.481 e. The highest BCUT2D eigenvalue weighted by atomic mass is 32.2. The summed E-state index contributed by atoms with van der Waals surface area (Å²) >= 11 is 0. The summed E-state index contributed by atoms with van der Waals surface area (Å²) in [7, 11) is -3.22. The summed E-state index contributed by atoms with van der Waals surface area (Å²) in [5.74, 6) is -1.09. The van der Waals surface area contributed by atoms with Gasteiger partial charge in [-0.05, 0) is 38.5 Å². The Kier molecular flexibility index (Phi) is 5.54. The molecule has 0 atom stereocenters. The van der Waals surface area contributed by atoms with Gasteiger partial charge in [0.25, 0.3) is 0 Å². The van der Waals surface area contributed by atoms with Crippen LogP contribution in [0.25, 0.3) is 0 Å². The Morgan fingerprint density at radius 2 is 1.70 bits per heavy atom. The first-order valence-electron chi connectivity index (χ1n) is 8.20. The molecule has 0 unspecified atom stereocenters. The Balaban J connectivity index is 1.80. The van der Waals surface area contributed by atoms with Crippen LogP contribution < -0.4 is 10.6 Å². The molecule has 0 spiro atoms. The number of carbonyl (C=O) groups excluding carboxylic acids is 1. The van der Waals surface area contributed by atoms with Crippen molar-refractivity contribution in [3.05, 3.63) is 0 Å². The lowest BCUT2D eigenvalue weighted by Crippen LogP contribution is -2.51. The topological polar surface area (TPSA) is 113 Å². The van der Waals surface area contributed by atoms with Crippen molar-refractivity contribution in [2.45, 2.75) is 62.2 Å². The molecule has 0 bridgehead atoms. The van der Waals surface area contributed by atoms with E-state index in [0.717, 1.165) is 12.8 Å². The van der Waals surface area contributed by atoms with Crippen LogP contribution in [0.4, 0.5) is 4.79 Å². The number of carboxylic acid groups (broad SMARTS) is 1. The molecule has 132 valence electrons. The molecule has 2 amide bonds. The molecule has 8 heteroatoms. The maximum absolute atomic E-state index is 12.0. The van der Waals surface area contributed by atoms with E-state index in [-0.39, 0.29) is 24.5 Å². The minimum Gasteiger partial charge on any atom is -0.481 e. The zero-order valence-electron chi connectivity index (χ0n) is 13.5. The molecule has 0 aromatic heterocycles. The number of hydrogen-bond donors (Lipinski definition) is 3. The van der Waals surface area contributed by atoms with E-state index < -0.39 is 20.6 Å². The fraction of sp³-hybridized carbons (Fsp3) is 0.867. The van der Waals surface area contributed by atoms with Crippen molar-refractivity contribution in [3.8, 4) is 0 Å². The Morgan fingerprint density at radius 3 is 2.17 bits per heavy atom. The number of carbonyl (C=O) groups is 2. The van der Waals surface area contributed by atoms with E-state index >= 15 is 0 Å². The summed E-state index contributed by atoms with van der Waals surface area (Å²) in [4.78, 5) is 22.9.